The Morgan fingerprint density at radius 3 is 2.37 bits per heavy atom. The summed E-state index contributed by atoms with van der Waals surface area (Å²) in [5.41, 5.74) is 2.16. The summed E-state index contributed by atoms with van der Waals surface area (Å²) in [5.74, 6) is 0.396. The maximum absolute atomic E-state index is 11.8. The van der Waals surface area contributed by atoms with E-state index >= 15 is 0 Å². The second-order valence-corrected chi connectivity index (χ2v) is 7.83. The standard InChI is InChI=1S/C13H16N2O2S2/c1-9-3-5-10(6-4-9)15-12-8-19(16,17)7-11(12)14(2)13(15)18/h3-6,11-12H,7-8H2,1-2H3/t11-,12-/m0/s1. The molecule has 2 aliphatic rings. The van der Waals surface area contributed by atoms with Crippen LogP contribution >= 0.6 is 12.2 Å². The fraction of sp³-hybridized carbons (Fsp3) is 0.462. The maximum atomic E-state index is 11.8. The molecule has 0 radical (unpaired) electrons. The zero-order valence-electron chi connectivity index (χ0n) is 10.9. The van der Waals surface area contributed by atoms with E-state index in [0.717, 1.165) is 5.69 Å². The lowest BCUT2D eigenvalue weighted by Gasteiger charge is -2.24. The van der Waals surface area contributed by atoms with Crippen LogP contribution in [0.15, 0.2) is 24.3 Å². The van der Waals surface area contributed by atoms with Crippen LogP contribution in [0.3, 0.4) is 0 Å². The molecule has 6 heteroatoms. The van der Waals surface area contributed by atoms with E-state index in [1.165, 1.54) is 5.56 Å². The molecule has 19 heavy (non-hydrogen) atoms. The lowest BCUT2D eigenvalue weighted by Crippen LogP contribution is -2.36. The van der Waals surface area contributed by atoms with Crippen LogP contribution in [0, 0.1) is 6.92 Å². The molecule has 2 atom stereocenters. The minimum atomic E-state index is -2.95. The molecular weight excluding hydrogens is 280 g/mol. The Labute approximate surface area is 118 Å². The summed E-state index contributed by atoms with van der Waals surface area (Å²) in [5, 5.41) is 0.716. The Morgan fingerprint density at radius 1 is 1.16 bits per heavy atom. The van der Waals surface area contributed by atoms with Crippen LogP contribution in [0.4, 0.5) is 5.69 Å². The molecule has 0 saturated carbocycles. The van der Waals surface area contributed by atoms with Crippen molar-refractivity contribution in [2.24, 2.45) is 0 Å². The number of aryl methyl sites for hydroxylation is 1. The topological polar surface area (TPSA) is 40.6 Å². The zero-order valence-corrected chi connectivity index (χ0v) is 12.5. The van der Waals surface area contributed by atoms with Crippen molar-refractivity contribution < 1.29 is 8.42 Å². The quantitative estimate of drug-likeness (QED) is 0.728. The summed E-state index contributed by atoms with van der Waals surface area (Å²) in [7, 11) is -1.07. The Bertz CT molecular complexity index is 625. The normalized spacial score (nSPS) is 28.8. The van der Waals surface area contributed by atoms with Crippen molar-refractivity contribution in [1.29, 1.82) is 0 Å². The third-order valence-electron chi connectivity index (χ3n) is 3.94. The van der Waals surface area contributed by atoms with Gasteiger partial charge in [-0.2, -0.15) is 0 Å². The predicted octanol–water partition coefficient (Wildman–Crippen LogP) is 1.20. The van der Waals surface area contributed by atoms with Crippen molar-refractivity contribution in [3.05, 3.63) is 29.8 Å². The van der Waals surface area contributed by atoms with Gasteiger partial charge in [-0.05, 0) is 31.3 Å². The highest BCUT2D eigenvalue weighted by atomic mass is 32.2. The smallest absolute Gasteiger partial charge is 0.176 e. The van der Waals surface area contributed by atoms with Crippen LogP contribution in [-0.2, 0) is 9.84 Å². The van der Waals surface area contributed by atoms with Crippen molar-refractivity contribution >= 4 is 32.9 Å². The Kier molecular flexibility index (Phi) is 2.83. The second-order valence-electron chi connectivity index (χ2n) is 5.31. The van der Waals surface area contributed by atoms with Gasteiger partial charge in [-0.25, -0.2) is 8.42 Å². The molecule has 1 aromatic carbocycles. The summed E-state index contributed by atoms with van der Waals surface area (Å²) < 4.78 is 23.7. The molecule has 0 aromatic heterocycles. The summed E-state index contributed by atoms with van der Waals surface area (Å²) in [6.07, 6.45) is 0. The lowest BCUT2D eigenvalue weighted by atomic mass is 10.1. The van der Waals surface area contributed by atoms with E-state index in [1.807, 2.05) is 48.0 Å². The van der Waals surface area contributed by atoms with E-state index in [2.05, 4.69) is 0 Å². The molecule has 0 amide bonds. The Morgan fingerprint density at radius 2 is 1.74 bits per heavy atom. The van der Waals surface area contributed by atoms with Gasteiger partial charge in [0, 0.05) is 12.7 Å². The number of fused-ring (bicyclic) bond motifs is 1. The molecule has 0 spiro atoms. The highest BCUT2D eigenvalue weighted by molar-refractivity contribution is 7.91. The monoisotopic (exact) mass is 296 g/mol. The molecule has 2 heterocycles. The van der Waals surface area contributed by atoms with Gasteiger partial charge in [-0.15, -0.1) is 0 Å². The number of likely N-dealkylation sites (N-methyl/N-ethyl adjacent to an activating group) is 1. The molecule has 2 fully saturated rings. The summed E-state index contributed by atoms with van der Waals surface area (Å²) in [6.45, 7) is 2.03. The fourth-order valence-electron chi connectivity index (χ4n) is 2.89. The van der Waals surface area contributed by atoms with Crippen molar-refractivity contribution in [3.63, 3.8) is 0 Å². The molecule has 2 saturated heterocycles. The minimum Gasteiger partial charge on any atom is -0.346 e. The number of anilines is 1. The molecule has 102 valence electrons. The Hall–Kier alpha value is -1.14. The number of benzene rings is 1. The number of thiocarbonyl (C=S) groups is 1. The Balaban J connectivity index is 2.01. The molecule has 0 unspecified atom stereocenters. The van der Waals surface area contributed by atoms with Gasteiger partial charge in [0.25, 0.3) is 0 Å². The van der Waals surface area contributed by atoms with Crippen LogP contribution in [0.1, 0.15) is 5.56 Å². The summed E-state index contributed by atoms with van der Waals surface area (Å²) in [4.78, 5) is 3.91. The highest BCUT2D eigenvalue weighted by Crippen LogP contribution is 2.34. The van der Waals surface area contributed by atoms with E-state index in [0.29, 0.717) is 5.11 Å². The number of sulfone groups is 1. The first kappa shape index (κ1) is 12.9. The molecule has 3 rings (SSSR count). The molecule has 0 N–H and O–H groups in total. The predicted molar refractivity (Wildman–Crippen MR) is 80.2 cm³/mol. The van der Waals surface area contributed by atoms with Gasteiger partial charge < -0.3 is 9.80 Å². The third-order valence-corrected chi connectivity index (χ3v) is 6.13. The average molecular weight is 296 g/mol. The number of rotatable bonds is 1. The molecule has 0 aliphatic carbocycles. The highest BCUT2D eigenvalue weighted by Gasteiger charge is 2.50. The molecule has 1 aromatic rings. The fourth-order valence-corrected chi connectivity index (χ4v) is 5.26. The first-order valence-corrected chi connectivity index (χ1v) is 8.45. The molecule has 2 aliphatic heterocycles. The summed E-state index contributed by atoms with van der Waals surface area (Å²) in [6, 6.07) is 7.98. The first-order chi connectivity index (χ1) is 8.89. The van der Waals surface area contributed by atoms with Crippen LogP contribution in [0.5, 0.6) is 0 Å². The number of nitrogens with zero attached hydrogens (tertiary/aromatic N) is 2. The molecule has 4 nitrogen and oxygen atoms in total. The summed E-state index contributed by atoms with van der Waals surface area (Å²) >= 11 is 5.46. The third kappa shape index (κ3) is 2.03. The average Bonchev–Trinajstić information content (AvgIpc) is 2.76. The SMILES string of the molecule is Cc1ccc(N2C(=S)N(C)[C@H]3CS(=O)(=O)C[C@@H]32)cc1. The van der Waals surface area contributed by atoms with E-state index in [1.54, 1.807) is 0 Å². The zero-order chi connectivity index (χ0) is 13.8. The van der Waals surface area contributed by atoms with Gasteiger partial charge in [0.1, 0.15) is 0 Å². The van der Waals surface area contributed by atoms with Gasteiger partial charge in [0.05, 0.1) is 23.6 Å². The van der Waals surface area contributed by atoms with Gasteiger partial charge in [-0.1, -0.05) is 17.7 Å². The van der Waals surface area contributed by atoms with Crippen molar-refractivity contribution in [1.82, 2.24) is 4.90 Å². The van der Waals surface area contributed by atoms with E-state index in [4.69, 9.17) is 12.2 Å². The second kappa shape index (κ2) is 4.18. The van der Waals surface area contributed by atoms with E-state index < -0.39 is 9.84 Å². The largest absolute Gasteiger partial charge is 0.346 e. The van der Waals surface area contributed by atoms with Crippen LogP contribution in [0.25, 0.3) is 0 Å². The molecular formula is C13H16N2O2S2. The maximum Gasteiger partial charge on any atom is 0.176 e. The van der Waals surface area contributed by atoms with Crippen molar-refractivity contribution in [2.45, 2.75) is 19.0 Å². The van der Waals surface area contributed by atoms with Crippen LogP contribution in [-0.4, -0.2) is 49.1 Å². The number of hydrogen-bond acceptors (Lipinski definition) is 3. The van der Waals surface area contributed by atoms with Gasteiger partial charge >= 0.3 is 0 Å². The molecule has 0 bridgehead atoms. The van der Waals surface area contributed by atoms with Gasteiger partial charge in [0.15, 0.2) is 14.9 Å². The van der Waals surface area contributed by atoms with Gasteiger partial charge in [0.2, 0.25) is 0 Å². The first-order valence-electron chi connectivity index (χ1n) is 6.22. The minimum absolute atomic E-state index is 0.0150. The van der Waals surface area contributed by atoms with Crippen molar-refractivity contribution in [3.8, 4) is 0 Å². The van der Waals surface area contributed by atoms with Crippen LogP contribution in [0.2, 0.25) is 0 Å². The van der Waals surface area contributed by atoms with E-state index in [9.17, 15) is 8.42 Å². The van der Waals surface area contributed by atoms with Crippen LogP contribution < -0.4 is 4.90 Å². The lowest BCUT2D eigenvalue weighted by molar-refractivity contribution is 0.420. The van der Waals surface area contributed by atoms with E-state index in [-0.39, 0.29) is 23.6 Å². The van der Waals surface area contributed by atoms with Gasteiger partial charge in [-0.3, -0.25) is 0 Å². The number of hydrogen-bond donors (Lipinski definition) is 0. The van der Waals surface area contributed by atoms with Crippen molar-refractivity contribution in [2.75, 3.05) is 23.5 Å².